The van der Waals surface area contributed by atoms with Gasteiger partial charge in [0.2, 0.25) is 0 Å². The Labute approximate surface area is 178 Å². The van der Waals surface area contributed by atoms with E-state index in [0.717, 1.165) is 12.8 Å². The van der Waals surface area contributed by atoms with Crippen molar-refractivity contribution in [3.63, 3.8) is 0 Å². The molecule has 0 aliphatic rings. The Morgan fingerprint density at radius 1 is 0.867 bits per heavy atom. The maximum Gasteiger partial charge on any atom is 0.311 e. The zero-order valence-corrected chi connectivity index (χ0v) is 17.8. The zero-order chi connectivity index (χ0) is 21.6. The van der Waals surface area contributed by atoms with Crippen molar-refractivity contribution in [1.82, 2.24) is 4.98 Å². The van der Waals surface area contributed by atoms with E-state index in [9.17, 15) is 4.79 Å². The van der Waals surface area contributed by atoms with Gasteiger partial charge in [0.05, 0.1) is 0 Å². The van der Waals surface area contributed by atoms with Crippen LogP contribution in [0.5, 0.6) is 5.75 Å². The fourth-order valence-electron chi connectivity index (χ4n) is 3.06. The number of nitrogen functional groups attached to an aromatic ring is 2. The van der Waals surface area contributed by atoms with Crippen molar-refractivity contribution < 1.29 is 9.53 Å². The minimum atomic E-state index is -0.255. The number of ether oxygens (including phenoxy) is 1. The Morgan fingerprint density at radius 2 is 1.50 bits per heavy atom. The van der Waals surface area contributed by atoms with Crippen LogP contribution in [0.15, 0.2) is 46.6 Å². The summed E-state index contributed by atoms with van der Waals surface area (Å²) in [5.41, 5.74) is 12.2. The first-order chi connectivity index (χ1) is 14.6. The molecule has 0 aliphatic carbocycles. The predicted molar refractivity (Wildman–Crippen MR) is 121 cm³/mol. The van der Waals surface area contributed by atoms with Crippen molar-refractivity contribution in [2.75, 3.05) is 11.5 Å². The average molecular weight is 412 g/mol. The van der Waals surface area contributed by atoms with E-state index in [-0.39, 0.29) is 11.8 Å². The molecule has 0 radical (unpaired) electrons. The maximum atomic E-state index is 12.2. The molecule has 2 rings (SSSR count). The van der Waals surface area contributed by atoms with Crippen molar-refractivity contribution >= 4 is 29.0 Å². The first-order valence-corrected chi connectivity index (χ1v) is 10.8. The number of hydrogen-bond donors (Lipinski definition) is 2. The van der Waals surface area contributed by atoms with E-state index in [1.165, 1.54) is 44.9 Å². The van der Waals surface area contributed by atoms with E-state index in [4.69, 9.17) is 16.2 Å². The molecule has 1 aromatic heterocycles. The number of aromatic nitrogens is 1. The number of rotatable bonds is 13. The van der Waals surface area contributed by atoms with Crippen LogP contribution in [0.2, 0.25) is 0 Å². The third kappa shape index (κ3) is 8.59. The SMILES string of the molecule is CCCCCCCCCCCC(=O)Oc1ccccc1/N=N/c1ccc(N)nc1N. The quantitative estimate of drug-likeness (QED) is 0.169. The van der Waals surface area contributed by atoms with Gasteiger partial charge in [-0.3, -0.25) is 4.79 Å². The lowest BCUT2D eigenvalue weighted by Gasteiger charge is -2.07. The molecule has 0 unspecified atom stereocenters. The number of pyridine rings is 1. The minimum Gasteiger partial charge on any atom is -0.424 e. The van der Waals surface area contributed by atoms with E-state index < -0.39 is 0 Å². The van der Waals surface area contributed by atoms with Gasteiger partial charge in [-0.25, -0.2) is 4.98 Å². The maximum absolute atomic E-state index is 12.2. The molecule has 4 N–H and O–H groups in total. The molecule has 0 fully saturated rings. The van der Waals surface area contributed by atoms with Crippen molar-refractivity contribution in [1.29, 1.82) is 0 Å². The number of nitrogens with zero attached hydrogens (tertiary/aromatic N) is 3. The molecule has 0 saturated heterocycles. The Balaban J connectivity index is 1.77. The molecular weight excluding hydrogens is 378 g/mol. The highest BCUT2D eigenvalue weighted by atomic mass is 16.5. The van der Waals surface area contributed by atoms with Gasteiger partial charge in [-0.1, -0.05) is 70.4 Å². The van der Waals surface area contributed by atoms with Gasteiger partial charge in [-0.15, -0.1) is 10.2 Å². The third-order valence-corrected chi connectivity index (χ3v) is 4.76. The number of para-hydroxylation sites is 1. The molecule has 0 spiro atoms. The summed E-state index contributed by atoms with van der Waals surface area (Å²) in [6.45, 7) is 2.23. The van der Waals surface area contributed by atoms with Gasteiger partial charge in [0.1, 0.15) is 17.2 Å². The van der Waals surface area contributed by atoms with Crippen LogP contribution in [0.1, 0.15) is 71.1 Å². The van der Waals surface area contributed by atoms with E-state index in [0.29, 0.717) is 29.4 Å². The smallest absolute Gasteiger partial charge is 0.311 e. The zero-order valence-electron chi connectivity index (χ0n) is 17.8. The van der Waals surface area contributed by atoms with E-state index in [1.54, 1.807) is 36.4 Å². The van der Waals surface area contributed by atoms with Gasteiger partial charge in [0, 0.05) is 6.42 Å². The van der Waals surface area contributed by atoms with Crippen LogP contribution in [-0.2, 0) is 4.79 Å². The number of carbonyl (C=O) groups excluding carboxylic acids is 1. The molecule has 0 amide bonds. The number of carbonyl (C=O) groups is 1. The summed E-state index contributed by atoms with van der Waals surface area (Å²) in [6.07, 6.45) is 11.2. The molecule has 162 valence electrons. The summed E-state index contributed by atoms with van der Waals surface area (Å²) >= 11 is 0. The van der Waals surface area contributed by atoms with E-state index in [2.05, 4.69) is 22.1 Å². The van der Waals surface area contributed by atoms with Crippen molar-refractivity contribution in [2.45, 2.75) is 71.1 Å². The molecule has 0 saturated carbocycles. The normalized spacial score (nSPS) is 11.1. The van der Waals surface area contributed by atoms with Gasteiger partial charge < -0.3 is 16.2 Å². The topological polar surface area (TPSA) is 116 Å². The van der Waals surface area contributed by atoms with Crippen LogP contribution in [0.25, 0.3) is 0 Å². The van der Waals surface area contributed by atoms with Gasteiger partial charge in [0.25, 0.3) is 0 Å². The largest absolute Gasteiger partial charge is 0.424 e. The second-order valence-corrected chi connectivity index (χ2v) is 7.36. The van der Waals surface area contributed by atoms with Crippen LogP contribution < -0.4 is 16.2 Å². The molecule has 7 nitrogen and oxygen atoms in total. The molecule has 30 heavy (non-hydrogen) atoms. The minimum absolute atomic E-state index is 0.193. The summed E-state index contributed by atoms with van der Waals surface area (Å²) in [7, 11) is 0. The summed E-state index contributed by atoms with van der Waals surface area (Å²) in [5.74, 6) is 0.634. The van der Waals surface area contributed by atoms with Gasteiger partial charge in [0.15, 0.2) is 11.6 Å². The molecule has 2 aromatic rings. The first kappa shape index (κ1) is 23.3. The number of benzene rings is 1. The fourth-order valence-corrected chi connectivity index (χ4v) is 3.06. The van der Waals surface area contributed by atoms with Gasteiger partial charge >= 0.3 is 5.97 Å². The number of hydrogen-bond acceptors (Lipinski definition) is 7. The standard InChI is InChI=1S/C23H33N5O2/c1-2-3-4-5-6-7-8-9-10-15-22(29)30-20-14-12-11-13-18(20)27-28-19-16-17-21(24)26-23(19)25/h11-14,16-17H,2-10,15H2,1H3,(H4,24,25,26)/b28-27+. The summed E-state index contributed by atoms with van der Waals surface area (Å²) < 4.78 is 5.50. The summed E-state index contributed by atoms with van der Waals surface area (Å²) in [4.78, 5) is 16.1. The summed E-state index contributed by atoms with van der Waals surface area (Å²) in [6, 6.07) is 10.3. The molecule has 1 aromatic carbocycles. The lowest BCUT2D eigenvalue weighted by molar-refractivity contribution is -0.134. The van der Waals surface area contributed by atoms with Crippen molar-refractivity contribution in [3.05, 3.63) is 36.4 Å². The highest BCUT2D eigenvalue weighted by molar-refractivity contribution is 5.74. The lowest BCUT2D eigenvalue weighted by atomic mass is 10.1. The van der Waals surface area contributed by atoms with Crippen molar-refractivity contribution in [2.24, 2.45) is 10.2 Å². The molecule has 1 heterocycles. The Kier molecular flexibility index (Phi) is 10.3. The second kappa shape index (κ2) is 13.3. The summed E-state index contributed by atoms with van der Waals surface area (Å²) in [5, 5.41) is 8.26. The van der Waals surface area contributed by atoms with Gasteiger partial charge in [-0.2, -0.15) is 0 Å². The van der Waals surface area contributed by atoms with Crippen LogP contribution in [-0.4, -0.2) is 11.0 Å². The number of nitrogens with two attached hydrogens (primary N) is 2. The monoisotopic (exact) mass is 411 g/mol. The van der Waals surface area contributed by atoms with E-state index in [1.807, 2.05) is 0 Å². The highest BCUT2D eigenvalue weighted by Gasteiger charge is 2.09. The molecular formula is C23H33N5O2. The second-order valence-electron chi connectivity index (χ2n) is 7.36. The van der Waals surface area contributed by atoms with Crippen LogP contribution in [0.4, 0.5) is 23.0 Å². The number of azo groups is 1. The third-order valence-electron chi connectivity index (χ3n) is 4.76. The predicted octanol–water partition coefficient (Wildman–Crippen LogP) is 6.49. The lowest BCUT2D eigenvalue weighted by Crippen LogP contribution is -2.07. The molecule has 7 heteroatoms. The Hall–Kier alpha value is -2.96. The fraction of sp³-hybridized carbons (Fsp3) is 0.478. The highest BCUT2D eigenvalue weighted by Crippen LogP contribution is 2.30. The van der Waals surface area contributed by atoms with E-state index >= 15 is 0 Å². The van der Waals surface area contributed by atoms with Crippen LogP contribution in [0, 0.1) is 0 Å². The van der Waals surface area contributed by atoms with Gasteiger partial charge in [-0.05, 0) is 30.7 Å². The first-order valence-electron chi connectivity index (χ1n) is 10.8. The molecule has 0 atom stereocenters. The number of unbranched alkanes of at least 4 members (excludes halogenated alkanes) is 8. The van der Waals surface area contributed by atoms with Crippen LogP contribution >= 0.6 is 0 Å². The Bertz CT molecular complexity index is 823. The van der Waals surface area contributed by atoms with Crippen molar-refractivity contribution in [3.8, 4) is 5.75 Å². The number of esters is 1. The Morgan fingerprint density at radius 3 is 2.20 bits per heavy atom. The number of anilines is 2. The molecule has 0 bridgehead atoms. The average Bonchev–Trinajstić information content (AvgIpc) is 2.73. The van der Waals surface area contributed by atoms with Crippen LogP contribution in [0.3, 0.4) is 0 Å². The molecule has 0 aliphatic heterocycles.